The van der Waals surface area contributed by atoms with E-state index < -0.39 is 0 Å². The van der Waals surface area contributed by atoms with Crippen molar-refractivity contribution in [1.82, 2.24) is 0 Å². The largest absolute Gasteiger partial charge is 0.384 e. The Bertz CT molecular complexity index is 888. The molecule has 2 saturated heterocycles. The second-order valence-electron chi connectivity index (χ2n) is 20.6. The molecule has 2 heterocycles. The SMILES string of the molecule is CCC1CC(C)C1.CCC1CC1C.CCC1CCC(C)C1.CCC1OC1C.COCC1CC(C)C1.COCC1CC1C.COCC1CCC(C)C1.COCC1OC1C. The van der Waals surface area contributed by atoms with Crippen molar-refractivity contribution in [2.45, 2.75) is 210 Å². The summed E-state index contributed by atoms with van der Waals surface area (Å²) in [5.74, 6) is 11.9. The summed E-state index contributed by atoms with van der Waals surface area (Å²) in [5, 5.41) is 0. The summed E-state index contributed by atoms with van der Waals surface area (Å²) in [6.07, 6.45) is 24.7. The van der Waals surface area contributed by atoms with Gasteiger partial charge in [-0.15, -0.1) is 0 Å². The van der Waals surface area contributed by atoms with Crippen LogP contribution in [0.15, 0.2) is 0 Å². The molecule has 0 spiro atoms. The van der Waals surface area contributed by atoms with Gasteiger partial charge in [0.15, 0.2) is 0 Å². The van der Waals surface area contributed by atoms with Gasteiger partial charge >= 0.3 is 0 Å². The Balaban J connectivity index is 0.000000332. The van der Waals surface area contributed by atoms with Gasteiger partial charge in [0.25, 0.3) is 0 Å². The maximum Gasteiger partial charge on any atom is 0.107 e. The van der Waals surface area contributed by atoms with Crippen molar-refractivity contribution in [1.29, 1.82) is 0 Å². The number of hydrogen-bond donors (Lipinski definition) is 0. The molecule has 8 fully saturated rings. The van der Waals surface area contributed by atoms with Gasteiger partial charge in [-0.1, -0.05) is 108 Å². The number of hydrogen-bond acceptors (Lipinski definition) is 6. The Morgan fingerprint density at radius 1 is 0.362 bits per heavy atom. The predicted molar refractivity (Wildman–Crippen MR) is 249 cm³/mol. The van der Waals surface area contributed by atoms with E-state index >= 15 is 0 Å². The van der Waals surface area contributed by atoms with Crippen molar-refractivity contribution < 1.29 is 28.4 Å². The minimum atomic E-state index is 0.394. The first-order valence-electron chi connectivity index (χ1n) is 24.9. The lowest BCUT2D eigenvalue weighted by molar-refractivity contribution is 0.0805. The molecule has 348 valence electrons. The maximum absolute atomic E-state index is 5.07. The second kappa shape index (κ2) is 32.4. The van der Waals surface area contributed by atoms with Crippen molar-refractivity contribution in [3.05, 3.63) is 0 Å². The minimum absolute atomic E-state index is 0.394. The highest BCUT2D eigenvalue weighted by Gasteiger charge is 2.34. The van der Waals surface area contributed by atoms with Gasteiger partial charge in [-0.3, -0.25) is 0 Å². The van der Waals surface area contributed by atoms with Crippen LogP contribution < -0.4 is 0 Å². The zero-order chi connectivity index (χ0) is 43.6. The van der Waals surface area contributed by atoms with Crippen LogP contribution in [0.25, 0.3) is 0 Å². The van der Waals surface area contributed by atoms with E-state index in [4.69, 9.17) is 28.4 Å². The number of rotatable bonds is 12. The number of epoxide rings is 2. The van der Waals surface area contributed by atoms with E-state index in [1.165, 1.54) is 103 Å². The van der Waals surface area contributed by atoms with E-state index in [1.807, 2.05) is 6.92 Å². The quantitative estimate of drug-likeness (QED) is 0.183. The van der Waals surface area contributed by atoms with Gasteiger partial charge in [-0.2, -0.15) is 0 Å². The molecule has 58 heavy (non-hydrogen) atoms. The summed E-state index contributed by atoms with van der Waals surface area (Å²) in [5.41, 5.74) is 0. The van der Waals surface area contributed by atoms with Gasteiger partial charge in [0.1, 0.15) is 6.10 Å². The fourth-order valence-corrected chi connectivity index (χ4v) is 9.29. The summed E-state index contributed by atoms with van der Waals surface area (Å²) in [7, 11) is 7.03. The Morgan fingerprint density at radius 2 is 0.741 bits per heavy atom. The van der Waals surface area contributed by atoms with Crippen molar-refractivity contribution >= 4 is 0 Å². The van der Waals surface area contributed by atoms with Gasteiger partial charge in [-0.05, 0) is 149 Å². The molecule has 0 amide bonds. The summed E-state index contributed by atoms with van der Waals surface area (Å²) < 4.78 is 29.9. The highest BCUT2D eigenvalue weighted by molar-refractivity contribution is 4.82. The van der Waals surface area contributed by atoms with Crippen LogP contribution in [0.3, 0.4) is 0 Å². The summed E-state index contributed by atoms with van der Waals surface area (Å²) >= 11 is 0. The normalized spacial score (nSPS) is 38.9. The van der Waals surface area contributed by atoms with Crippen LogP contribution in [-0.2, 0) is 28.4 Å². The third-order valence-corrected chi connectivity index (χ3v) is 14.4. The monoisotopic (exact) mass is 825 g/mol. The van der Waals surface area contributed by atoms with Crippen LogP contribution >= 0.6 is 0 Å². The summed E-state index contributed by atoms with van der Waals surface area (Å²) in [4.78, 5) is 0. The Kier molecular flexibility index (Phi) is 31.2. The Labute approximate surface area is 363 Å². The molecule has 6 aliphatic carbocycles. The van der Waals surface area contributed by atoms with E-state index in [0.29, 0.717) is 24.4 Å². The van der Waals surface area contributed by atoms with Crippen LogP contribution in [0.4, 0.5) is 0 Å². The lowest BCUT2D eigenvalue weighted by atomic mass is 9.75. The zero-order valence-corrected chi connectivity index (χ0v) is 41.8. The van der Waals surface area contributed by atoms with Crippen molar-refractivity contribution in [3.8, 4) is 0 Å². The van der Waals surface area contributed by atoms with Gasteiger partial charge in [0.05, 0.1) is 24.9 Å². The molecule has 6 nitrogen and oxygen atoms in total. The number of ether oxygens (including phenoxy) is 6. The Morgan fingerprint density at radius 3 is 0.931 bits per heavy atom. The topological polar surface area (TPSA) is 62.0 Å². The third-order valence-electron chi connectivity index (χ3n) is 14.4. The molecular weight excluding hydrogens is 721 g/mol. The molecule has 8 rings (SSSR count). The molecule has 2 aliphatic heterocycles. The molecule has 0 aromatic rings. The highest BCUT2D eigenvalue weighted by Crippen LogP contribution is 2.40. The van der Waals surface area contributed by atoms with Gasteiger partial charge < -0.3 is 28.4 Å². The first-order valence-corrected chi connectivity index (χ1v) is 24.9. The highest BCUT2D eigenvalue weighted by atomic mass is 16.6. The van der Waals surface area contributed by atoms with Gasteiger partial charge in [-0.25, -0.2) is 0 Å². The van der Waals surface area contributed by atoms with E-state index in [9.17, 15) is 0 Å². The lowest BCUT2D eigenvalue weighted by Gasteiger charge is -2.31. The van der Waals surface area contributed by atoms with Crippen molar-refractivity contribution in [2.75, 3.05) is 54.9 Å². The molecule has 0 aromatic carbocycles. The third kappa shape index (κ3) is 27.7. The molecule has 8 aliphatic rings. The molecule has 0 N–H and O–H groups in total. The van der Waals surface area contributed by atoms with E-state index in [-0.39, 0.29) is 0 Å². The zero-order valence-electron chi connectivity index (χ0n) is 41.8. The van der Waals surface area contributed by atoms with Crippen molar-refractivity contribution in [2.24, 2.45) is 71.0 Å². The van der Waals surface area contributed by atoms with Crippen LogP contribution in [-0.4, -0.2) is 79.3 Å². The molecule has 0 bridgehead atoms. The summed E-state index contributed by atoms with van der Waals surface area (Å²) in [6.45, 7) is 30.8. The standard InChI is InChI=1S/C8H16O.C8H16.C7H14O.C7H14.C6H12O.C6H12.C5H10O2.C5H10O/c1-7-3-4-8(5-7)6-9-2;1-3-8-5-4-7(2)6-8;1-6-3-7(4-6)5-8-2;1-3-7-4-6(2)5-7;1-5-3-6(5)4-7-2;1-3-6-4-5(6)2;1-4-5(7-4)3-6-2;1-3-5-4(2)6-5/h7-8H,3-6H2,1-2H3;7-8H,3-6H2,1-2H3;6-7H,3-5H2,1-2H3;6-7H,3-5H2,1-2H3;5-6H,3-4H2,1-2H3;5-6H,3-4H2,1-2H3;4-5H,3H2,1-2H3;4-5H,3H2,1-2H3. The maximum atomic E-state index is 5.07. The predicted octanol–water partition coefficient (Wildman–Crippen LogP) is 14.0. The van der Waals surface area contributed by atoms with Crippen LogP contribution in [0.2, 0.25) is 0 Å². The van der Waals surface area contributed by atoms with Gasteiger partial charge in [0.2, 0.25) is 0 Å². The van der Waals surface area contributed by atoms with Crippen LogP contribution in [0, 0.1) is 71.0 Å². The molecule has 6 saturated carbocycles. The van der Waals surface area contributed by atoms with E-state index in [0.717, 1.165) is 97.4 Å². The lowest BCUT2D eigenvalue weighted by Crippen LogP contribution is -2.24. The number of methoxy groups -OCH3 is 4. The molecular formula is C52H104O6. The van der Waals surface area contributed by atoms with E-state index in [1.54, 1.807) is 28.4 Å². The van der Waals surface area contributed by atoms with Crippen molar-refractivity contribution in [3.63, 3.8) is 0 Å². The molecule has 0 radical (unpaired) electrons. The minimum Gasteiger partial charge on any atom is -0.384 e. The van der Waals surface area contributed by atoms with Crippen LogP contribution in [0.1, 0.15) is 186 Å². The fourth-order valence-electron chi connectivity index (χ4n) is 9.29. The fraction of sp³-hybridized carbons (Fsp3) is 1.00. The van der Waals surface area contributed by atoms with Gasteiger partial charge in [0, 0.05) is 48.3 Å². The first kappa shape index (κ1) is 55.8. The average Bonchev–Trinajstić information content (AvgIpc) is 4.15. The second-order valence-corrected chi connectivity index (χ2v) is 20.6. The Hall–Kier alpha value is -0.240. The molecule has 6 heteroatoms. The molecule has 0 aromatic heterocycles. The smallest absolute Gasteiger partial charge is 0.107 e. The first-order chi connectivity index (χ1) is 27.7. The van der Waals surface area contributed by atoms with Crippen LogP contribution in [0.5, 0.6) is 0 Å². The van der Waals surface area contributed by atoms with E-state index in [2.05, 4.69) is 76.2 Å². The average molecular weight is 825 g/mol. The summed E-state index contributed by atoms with van der Waals surface area (Å²) in [6, 6.07) is 0. The molecule has 12 unspecified atom stereocenters. The molecule has 12 atom stereocenters.